The molecular formula is C18H32N3O3S2V-3. The summed E-state index contributed by atoms with van der Waals surface area (Å²) in [6.45, 7) is 4.18. The van der Waals surface area contributed by atoms with Crippen LogP contribution in [0.1, 0.15) is 32.6 Å². The van der Waals surface area contributed by atoms with Gasteiger partial charge in [0.1, 0.15) is 6.29 Å². The monoisotopic (exact) mass is 453 g/mol. The van der Waals surface area contributed by atoms with Crippen molar-refractivity contribution < 1.29 is 32.9 Å². The molecule has 2 aliphatic rings. The molecule has 1 fully saturated rings. The molecule has 0 bridgehead atoms. The summed E-state index contributed by atoms with van der Waals surface area (Å²) in [6, 6.07) is -0.319. The Morgan fingerprint density at radius 3 is 2.67 bits per heavy atom. The van der Waals surface area contributed by atoms with E-state index < -0.39 is 0 Å². The Labute approximate surface area is 188 Å². The summed E-state index contributed by atoms with van der Waals surface area (Å²) >= 11 is 4.08. The molecule has 2 N–H and O–H groups in total. The summed E-state index contributed by atoms with van der Waals surface area (Å²) in [6.07, 6.45) is 10.4. The molecule has 9 heteroatoms. The quantitative estimate of drug-likeness (QED) is 0.360. The Bertz CT molecular complexity index is 461. The summed E-state index contributed by atoms with van der Waals surface area (Å²) in [5.41, 5.74) is 0.942. The number of nitrogens with zero attached hydrogens (tertiary/aromatic N) is 1. The van der Waals surface area contributed by atoms with E-state index in [4.69, 9.17) is 4.74 Å². The molecule has 0 aromatic rings. The molecule has 1 amide bonds. The van der Waals surface area contributed by atoms with Gasteiger partial charge in [-0.05, 0) is 18.7 Å². The van der Waals surface area contributed by atoms with Crippen LogP contribution in [0, 0.1) is 13.1 Å². The average molecular weight is 454 g/mol. The number of rotatable bonds is 6. The first-order valence-corrected chi connectivity index (χ1v) is 9.28. The van der Waals surface area contributed by atoms with Gasteiger partial charge in [0, 0.05) is 38.6 Å². The van der Waals surface area contributed by atoms with E-state index in [0.717, 1.165) is 37.1 Å². The zero-order valence-corrected chi connectivity index (χ0v) is 19.6. The third-order valence-electron chi connectivity index (χ3n) is 3.62. The van der Waals surface area contributed by atoms with Crippen LogP contribution in [0.2, 0.25) is 0 Å². The number of hydrogen-bond acceptors (Lipinski definition) is 6. The molecule has 0 aromatic heterocycles. The topological polar surface area (TPSA) is 70.7 Å². The van der Waals surface area contributed by atoms with Crippen LogP contribution in [0.5, 0.6) is 0 Å². The first-order chi connectivity index (χ1) is 12.2. The third kappa shape index (κ3) is 11.1. The zero-order chi connectivity index (χ0) is 19.1. The second kappa shape index (κ2) is 20.2. The van der Waals surface area contributed by atoms with Crippen molar-refractivity contribution in [2.75, 3.05) is 33.0 Å². The number of allylic oxidation sites excluding steroid dienone is 2. The maximum absolute atomic E-state index is 12.0. The predicted octanol–water partition coefficient (Wildman–Crippen LogP) is 1.44. The molecule has 0 saturated carbocycles. The summed E-state index contributed by atoms with van der Waals surface area (Å²) in [7, 11) is 4.97. The molecule has 6 nitrogen and oxygen atoms in total. The van der Waals surface area contributed by atoms with Crippen molar-refractivity contribution in [3.8, 4) is 0 Å². The van der Waals surface area contributed by atoms with E-state index in [1.54, 1.807) is 13.3 Å². The normalized spacial score (nSPS) is 15.1. The summed E-state index contributed by atoms with van der Waals surface area (Å²) in [4.78, 5) is 24.6. The average Bonchev–Trinajstić information content (AvgIpc) is 2.69. The number of aldehydes is 1. The van der Waals surface area contributed by atoms with Crippen molar-refractivity contribution >= 4 is 38.3 Å². The summed E-state index contributed by atoms with van der Waals surface area (Å²) in [5, 5.41) is 5.35. The van der Waals surface area contributed by atoms with E-state index >= 15 is 0 Å². The number of likely N-dealkylation sites (N-methyl/N-ethyl adjacent to an activating group) is 1. The van der Waals surface area contributed by atoms with Crippen LogP contribution >= 0.6 is 13.5 Å². The second-order valence-corrected chi connectivity index (χ2v) is 5.15. The smallest absolute Gasteiger partial charge is 0.241 e. The summed E-state index contributed by atoms with van der Waals surface area (Å²) < 4.78 is 5.57. The van der Waals surface area contributed by atoms with Crippen LogP contribution < -0.4 is 10.6 Å². The number of fused-ring (bicyclic) bond motifs is 1. The Morgan fingerprint density at radius 1 is 1.52 bits per heavy atom. The van der Waals surface area contributed by atoms with Crippen molar-refractivity contribution in [3.63, 3.8) is 0 Å². The predicted molar refractivity (Wildman–Crippen MR) is 113 cm³/mol. The minimum atomic E-state index is -0.319. The molecule has 1 heterocycles. The Hall–Kier alpha value is -0.536. The molecule has 1 unspecified atom stereocenters. The molecule has 1 radical (unpaired) electrons. The molecule has 1 aliphatic carbocycles. The minimum Gasteiger partial charge on any atom is -0.796 e. The van der Waals surface area contributed by atoms with Crippen LogP contribution in [0.3, 0.4) is 0 Å². The number of carbonyl (C=O) groups excluding carboxylic acids is 2. The molecule has 27 heavy (non-hydrogen) atoms. The van der Waals surface area contributed by atoms with E-state index in [1.807, 2.05) is 11.8 Å². The van der Waals surface area contributed by atoms with Gasteiger partial charge < -0.3 is 37.7 Å². The first kappa shape index (κ1) is 31.2. The molecule has 1 aliphatic heterocycles. The molecule has 1 saturated heterocycles. The molecule has 0 spiro atoms. The van der Waals surface area contributed by atoms with Crippen molar-refractivity contribution in [2.24, 2.45) is 0 Å². The van der Waals surface area contributed by atoms with Crippen LogP contribution in [0.25, 0.3) is 0 Å². The maximum Gasteiger partial charge on any atom is 0.241 e. The Kier molecular flexibility index (Phi) is 23.3. The van der Waals surface area contributed by atoms with Gasteiger partial charge >= 0.3 is 0 Å². The van der Waals surface area contributed by atoms with Crippen molar-refractivity contribution in [1.82, 2.24) is 15.5 Å². The number of nitrogens with one attached hydrogen (secondary N) is 2. The van der Waals surface area contributed by atoms with Gasteiger partial charge in [-0.15, -0.1) is 12.5 Å². The van der Waals surface area contributed by atoms with E-state index in [9.17, 15) is 9.59 Å². The van der Waals surface area contributed by atoms with Gasteiger partial charge in [-0.3, -0.25) is 11.8 Å². The zero-order valence-electron chi connectivity index (χ0n) is 16.4. The first-order valence-electron chi connectivity index (χ1n) is 8.46. The fraction of sp³-hybridized carbons (Fsp3) is 0.611. The fourth-order valence-corrected chi connectivity index (χ4v) is 2.46. The number of carbonyl (C=O) groups is 2. The molecular weight excluding hydrogens is 421 g/mol. The largest absolute Gasteiger partial charge is 0.796 e. The van der Waals surface area contributed by atoms with Crippen LogP contribution in [-0.4, -0.2) is 56.1 Å². The Morgan fingerprint density at radius 2 is 2.15 bits per heavy atom. The SMILES string of the molecule is CNC(=O)C(CCC=O)N1CCOC2=[C-]CCC=C21.C[S-].S.[CH2-]NCC.[V]. The number of hydrogen-bond donors (Lipinski definition) is 2. The van der Waals surface area contributed by atoms with E-state index in [1.165, 1.54) is 0 Å². The van der Waals surface area contributed by atoms with E-state index in [-0.39, 0.29) is 44.0 Å². The van der Waals surface area contributed by atoms with Gasteiger partial charge in [0.15, 0.2) is 0 Å². The van der Waals surface area contributed by atoms with Crippen molar-refractivity contribution in [2.45, 2.75) is 38.6 Å². The maximum atomic E-state index is 12.0. The fourth-order valence-electron chi connectivity index (χ4n) is 2.46. The number of amides is 1. The van der Waals surface area contributed by atoms with Crippen LogP contribution in [-0.2, 0) is 45.5 Å². The third-order valence-corrected chi connectivity index (χ3v) is 3.62. The van der Waals surface area contributed by atoms with Crippen LogP contribution in [0.4, 0.5) is 0 Å². The van der Waals surface area contributed by atoms with Gasteiger partial charge in [-0.25, -0.2) is 6.08 Å². The molecule has 0 aromatic carbocycles. The van der Waals surface area contributed by atoms with Gasteiger partial charge in [-0.1, -0.05) is 19.0 Å². The minimum absolute atomic E-state index is 0. The van der Waals surface area contributed by atoms with Gasteiger partial charge in [0.25, 0.3) is 0 Å². The van der Waals surface area contributed by atoms with Crippen LogP contribution in [0.15, 0.2) is 17.5 Å². The van der Waals surface area contributed by atoms with Gasteiger partial charge in [0.05, 0.1) is 12.6 Å². The van der Waals surface area contributed by atoms with Crippen molar-refractivity contribution in [1.29, 1.82) is 0 Å². The standard InChI is InChI=1S/C14H19N2O3.C3H8N.CH4S.H2S.V/c1-15-14(18)12(6-4-9-17)16-8-10-19-13-7-3-2-5-11(13)16;1-3-4-2;1-2;;/h5,9,12H,2-4,6,8,10H2,1H3,(H,15,18);4H,2-3H2,1H3;2H,1H3;1H2;/q2*-1;;;/p-1. The molecule has 1 atom stereocenters. The second-order valence-electron chi connectivity index (χ2n) is 5.15. The van der Waals surface area contributed by atoms with Crippen molar-refractivity contribution in [3.05, 3.63) is 30.7 Å². The van der Waals surface area contributed by atoms with Gasteiger partial charge in [-0.2, -0.15) is 19.8 Å². The number of ether oxygens (including phenoxy) is 1. The van der Waals surface area contributed by atoms with E-state index in [2.05, 4.69) is 42.5 Å². The number of morpholine rings is 1. The van der Waals surface area contributed by atoms with E-state index in [0.29, 0.717) is 26.0 Å². The molecule has 157 valence electrons. The Balaban J connectivity index is -0.000000641. The summed E-state index contributed by atoms with van der Waals surface area (Å²) in [5.74, 6) is 0.687. The van der Waals surface area contributed by atoms with Gasteiger partial charge in [0.2, 0.25) is 5.91 Å². The molecule has 2 rings (SSSR count).